The van der Waals surface area contributed by atoms with E-state index in [9.17, 15) is 9.90 Å². The number of carbonyl (C=O) groups excluding carboxylic acids is 1. The van der Waals surface area contributed by atoms with Crippen molar-refractivity contribution in [3.63, 3.8) is 0 Å². The van der Waals surface area contributed by atoms with Gasteiger partial charge in [0.2, 0.25) is 0 Å². The van der Waals surface area contributed by atoms with E-state index in [1.807, 2.05) is 0 Å². The molecule has 0 radical (unpaired) electrons. The highest BCUT2D eigenvalue weighted by atomic mass is 32.1. The Morgan fingerprint density at radius 1 is 0.886 bits per heavy atom. The molecule has 1 aliphatic rings. The largest absolute Gasteiger partial charge is 0.469 e. The number of aliphatic hydroxyl groups excluding tert-OH is 1. The summed E-state index contributed by atoms with van der Waals surface area (Å²) in [6.45, 7) is 23.4. The van der Waals surface area contributed by atoms with Crippen molar-refractivity contribution in [1.82, 2.24) is 0 Å². The molecule has 0 bridgehead atoms. The maximum absolute atomic E-state index is 11.6. The first-order valence-electron chi connectivity index (χ1n) is 17.0. The normalized spacial score (nSPS) is 22.5. The van der Waals surface area contributed by atoms with Gasteiger partial charge in [-0.15, -0.1) is 11.3 Å². The van der Waals surface area contributed by atoms with Gasteiger partial charge < -0.3 is 18.7 Å². The van der Waals surface area contributed by atoms with E-state index in [1.54, 1.807) is 11.3 Å². The minimum Gasteiger partial charge on any atom is -0.469 e. The summed E-state index contributed by atoms with van der Waals surface area (Å²) < 4.78 is 20.6. The molecule has 44 heavy (non-hydrogen) atoms. The first kappa shape index (κ1) is 37.4. The van der Waals surface area contributed by atoms with Crippen LogP contribution in [0.3, 0.4) is 0 Å². The lowest BCUT2D eigenvalue weighted by molar-refractivity contribution is -0.140. The highest BCUT2D eigenvalue weighted by Crippen LogP contribution is 2.49. The Morgan fingerprint density at radius 2 is 1.43 bits per heavy atom. The smallest absolute Gasteiger partial charge is 0.305 e. The molecular formula is C36H62O5SSi2. The number of hydrogen-bond donors (Lipinski definition) is 1. The third kappa shape index (κ3) is 9.74. The van der Waals surface area contributed by atoms with Crippen LogP contribution >= 0.6 is 11.3 Å². The minimum atomic E-state index is -2.02. The Morgan fingerprint density at radius 3 is 1.98 bits per heavy atom. The van der Waals surface area contributed by atoms with Crippen LogP contribution in [0.25, 0.3) is 10.1 Å². The summed E-state index contributed by atoms with van der Waals surface area (Å²) in [6, 6.07) is 10.6. The first-order chi connectivity index (χ1) is 20.4. The molecule has 0 aliphatic heterocycles. The second kappa shape index (κ2) is 15.2. The second-order valence-corrected chi connectivity index (χ2v) is 26.8. The monoisotopic (exact) mass is 662 g/mol. The number of thiophene rings is 1. The molecule has 5 nitrogen and oxygen atoms in total. The Hall–Kier alpha value is -1.04. The van der Waals surface area contributed by atoms with Crippen molar-refractivity contribution in [2.75, 3.05) is 7.11 Å². The molecule has 0 amide bonds. The molecule has 5 atom stereocenters. The molecule has 1 N–H and O–H groups in total. The standard InChI is InChI=1S/C36H62O5SSi2/c1-35(2,3)43(8,9)40-30-25-31(41-44(10,11)36(4,5)6)28(27(30)19-14-12-13-15-21-34(38)39-7)22-23-29(37)33-24-26-18-16-17-20-32(26)42-33/h16-18,20,24,27-31,37H,12-15,19,21-23,25H2,1-11H3/t27-,28-,29?,30?,31?/m1/s1. The molecule has 250 valence electrons. The van der Waals surface area contributed by atoms with E-state index in [1.165, 1.54) is 17.2 Å². The molecule has 1 fully saturated rings. The third-order valence-corrected chi connectivity index (χ3v) is 21.1. The van der Waals surface area contributed by atoms with Crippen LogP contribution in [0.1, 0.15) is 110 Å². The van der Waals surface area contributed by atoms with Crippen molar-refractivity contribution in [3.05, 3.63) is 35.2 Å². The van der Waals surface area contributed by atoms with Gasteiger partial charge in [-0.3, -0.25) is 4.79 Å². The van der Waals surface area contributed by atoms with Gasteiger partial charge in [-0.05, 0) is 97.7 Å². The van der Waals surface area contributed by atoms with E-state index in [0.29, 0.717) is 18.3 Å². The molecule has 1 heterocycles. The fraction of sp³-hybridized carbons (Fsp3) is 0.750. The summed E-state index contributed by atoms with van der Waals surface area (Å²) in [7, 11) is -2.56. The van der Waals surface area contributed by atoms with Crippen LogP contribution < -0.4 is 0 Å². The van der Waals surface area contributed by atoms with E-state index in [4.69, 9.17) is 13.6 Å². The number of unbranched alkanes of at least 4 members (excludes halogenated alkanes) is 3. The molecule has 1 saturated carbocycles. The minimum absolute atomic E-state index is 0.119. The summed E-state index contributed by atoms with van der Waals surface area (Å²) >= 11 is 1.71. The Bertz CT molecular complexity index is 1160. The summed E-state index contributed by atoms with van der Waals surface area (Å²) in [6.07, 6.45) is 8.17. The third-order valence-electron chi connectivity index (χ3n) is 10.9. The average molecular weight is 663 g/mol. The summed E-state index contributed by atoms with van der Waals surface area (Å²) in [5.41, 5.74) is 0. The Balaban J connectivity index is 1.84. The number of rotatable bonds is 15. The first-order valence-corrected chi connectivity index (χ1v) is 23.6. The lowest BCUT2D eigenvalue weighted by atomic mass is 9.84. The van der Waals surface area contributed by atoms with Gasteiger partial charge in [0.05, 0.1) is 25.4 Å². The van der Waals surface area contributed by atoms with E-state index < -0.39 is 22.7 Å². The lowest BCUT2D eigenvalue weighted by Crippen LogP contribution is -2.45. The predicted octanol–water partition coefficient (Wildman–Crippen LogP) is 10.6. The molecule has 2 aromatic rings. The van der Waals surface area contributed by atoms with Crippen LogP contribution in [-0.2, 0) is 18.4 Å². The SMILES string of the molecule is COC(=O)CCCCCC[C@H]1C(O[Si](C)(C)C(C)(C)C)CC(O[Si](C)(C)C(C)(C)C)[C@@H]1CCC(O)c1cc2ccccc2s1. The van der Waals surface area contributed by atoms with Gasteiger partial charge in [0.15, 0.2) is 16.6 Å². The molecule has 3 unspecified atom stereocenters. The number of fused-ring (bicyclic) bond motifs is 1. The molecule has 1 aromatic carbocycles. The van der Waals surface area contributed by atoms with Gasteiger partial charge in [-0.25, -0.2) is 0 Å². The van der Waals surface area contributed by atoms with Crippen molar-refractivity contribution in [2.45, 2.75) is 154 Å². The molecular weight excluding hydrogens is 601 g/mol. The van der Waals surface area contributed by atoms with E-state index >= 15 is 0 Å². The summed E-state index contributed by atoms with van der Waals surface area (Å²) in [5.74, 6) is 0.624. The van der Waals surface area contributed by atoms with E-state index in [-0.39, 0.29) is 28.3 Å². The van der Waals surface area contributed by atoms with Crippen LogP contribution in [0.15, 0.2) is 30.3 Å². The fourth-order valence-corrected chi connectivity index (χ4v) is 9.92. The van der Waals surface area contributed by atoms with Crippen molar-refractivity contribution in [2.24, 2.45) is 11.8 Å². The van der Waals surface area contributed by atoms with Crippen LogP contribution in [0.5, 0.6) is 0 Å². The molecule has 8 heteroatoms. The van der Waals surface area contributed by atoms with Gasteiger partial charge in [-0.2, -0.15) is 0 Å². The number of benzene rings is 1. The highest BCUT2D eigenvalue weighted by molar-refractivity contribution is 7.19. The number of ether oxygens (including phenoxy) is 1. The number of methoxy groups -OCH3 is 1. The molecule has 0 saturated heterocycles. The van der Waals surface area contributed by atoms with Crippen LogP contribution in [0, 0.1) is 11.8 Å². The van der Waals surface area contributed by atoms with Gasteiger partial charge in [0.25, 0.3) is 0 Å². The molecule has 1 aliphatic carbocycles. The number of esters is 1. The van der Waals surface area contributed by atoms with Crippen LogP contribution in [0.2, 0.25) is 36.3 Å². The van der Waals surface area contributed by atoms with E-state index in [0.717, 1.165) is 56.2 Å². The van der Waals surface area contributed by atoms with Crippen LogP contribution in [-0.4, -0.2) is 47.0 Å². The zero-order valence-corrected chi connectivity index (χ0v) is 32.4. The van der Waals surface area contributed by atoms with Gasteiger partial charge in [0, 0.05) is 16.0 Å². The topological polar surface area (TPSA) is 65.0 Å². The lowest BCUT2D eigenvalue weighted by Gasteiger charge is -2.40. The maximum atomic E-state index is 11.6. The van der Waals surface area contributed by atoms with Crippen molar-refractivity contribution in [3.8, 4) is 0 Å². The zero-order valence-electron chi connectivity index (χ0n) is 29.6. The Kier molecular flexibility index (Phi) is 13.0. The summed E-state index contributed by atoms with van der Waals surface area (Å²) in [4.78, 5) is 12.6. The van der Waals surface area contributed by atoms with Crippen molar-refractivity contribution >= 4 is 44.0 Å². The Labute approximate surface area is 274 Å². The van der Waals surface area contributed by atoms with Crippen LogP contribution in [0.4, 0.5) is 0 Å². The average Bonchev–Trinajstić information content (AvgIpc) is 3.48. The summed E-state index contributed by atoms with van der Waals surface area (Å²) in [5, 5.41) is 12.9. The van der Waals surface area contributed by atoms with Gasteiger partial charge in [-0.1, -0.05) is 79.0 Å². The van der Waals surface area contributed by atoms with Gasteiger partial charge in [0.1, 0.15) is 0 Å². The zero-order chi connectivity index (χ0) is 32.9. The molecule has 0 spiro atoms. The highest BCUT2D eigenvalue weighted by Gasteiger charge is 2.51. The van der Waals surface area contributed by atoms with Crippen molar-refractivity contribution in [1.29, 1.82) is 0 Å². The molecule has 1 aromatic heterocycles. The number of hydrogen-bond acceptors (Lipinski definition) is 6. The number of aliphatic hydroxyl groups is 1. The fourth-order valence-electron chi connectivity index (χ4n) is 6.08. The quantitative estimate of drug-likeness (QED) is 0.117. The maximum Gasteiger partial charge on any atom is 0.305 e. The van der Waals surface area contributed by atoms with Crippen molar-refractivity contribution < 1.29 is 23.5 Å². The van der Waals surface area contributed by atoms with Gasteiger partial charge >= 0.3 is 5.97 Å². The number of carbonyl (C=O) groups is 1. The van der Waals surface area contributed by atoms with E-state index in [2.05, 4.69) is 98.1 Å². The predicted molar refractivity (Wildman–Crippen MR) is 191 cm³/mol. The molecule has 3 rings (SSSR count). The second-order valence-electron chi connectivity index (χ2n) is 16.2.